The number of amides is 1. The van der Waals surface area contributed by atoms with Crippen molar-refractivity contribution >= 4 is 11.6 Å². The van der Waals surface area contributed by atoms with E-state index in [2.05, 4.69) is 23.3 Å². The van der Waals surface area contributed by atoms with E-state index >= 15 is 0 Å². The maximum atomic E-state index is 12.9. The Morgan fingerprint density at radius 1 is 1.31 bits per heavy atom. The minimum absolute atomic E-state index is 0.0655. The van der Waals surface area contributed by atoms with E-state index in [1.165, 1.54) is 0 Å². The van der Waals surface area contributed by atoms with E-state index in [1.54, 1.807) is 18.5 Å². The van der Waals surface area contributed by atoms with E-state index in [0.29, 0.717) is 5.56 Å². The second-order valence-corrected chi connectivity index (χ2v) is 6.65. The van der Waals surface area contributed by atoms with Crippen molar-refractivity contribution in [3.05, 3.63) is 59.9 Å². The van der Waals surface area contributed by atoms with E-state index in [1.807, 2.05) is 35.2 Å². The monoisotopic (exact) mass is 348 g/mol. The molecule has 0 aliphatic carbocycles. The van der Waals surface area contributed by atoms with E-state index in [4.69, 9.17) is 0 Å². The molecule has 1 aliphatic heterocycles. The zero-order chi connectivity index (χ0) is 18.4. The number of piperidine rings is 1. The van der Waals surface area contributed by atoms with Crippen LogP contribution in [-0.2, 0) is 4.79 Å². The summed E-state index contributed by atoms with van der Waals surface area (Å²) in [5.74, 6) is 0.153. The van der Waals surface area contributed by atoms with Crippen LogP contribution in [0.2, 0.25) is 0 Å². The number of carbonyl (C=O) groups is 1. The van der Waals surface area contributed by atoms with Crippen LogP contribution in [0.4, 0.5) is 5.69 Å². The third kappa shape index (κ3) is 4.02. The summed E-state index contributed by atoms with van der Waals surface area (Å²) in [6, 6.07) is 14.2. The molecular formula is C21H24N4O. The van der Waals surface area contributed by atoms with E-state index < -0.39 is 0 Å². The Labute approximate surface area is 154 Å². The molecule has 0 unspecified atom stereocenters. The van der Waals surface area contributed by atoms with Gasteiger partial charge >= 0.3 is 0 Å². The number of hydrogen-bond donors (Lipinski definition) is 1. The fraction of sp³-hybridized carbons (Fsp3) is 0.381. The number of nitriles is 1. The van der Waals surface area contributed by atoms with Crippen LogP contribution in [0, 0.1) is 11.3 Å². The van der Waals surface area contributed by atoms with Crippen molar-refractivity contribution in [1.82, 2.24) is 9.88 Å². The standard InChI is InChI=1S/C21H24N4O/c1-2-19(16-6-4-3-5-7-16)21(26)25-12-9-18(10-13-25)24-20-15-23-11-8-17(20)14-22/h3-8,11,15,18-19,24H,2,9-10,12-13H2,1H3/t19-/m0/s1. The first-order valence-electron chi connectivity index (χ1n) is 9.17. The van der Waals surface area contributed by atoms with Gasteiger partial charge < -0.3 is 10.2 Å². The summed E-state index contributed by atoms with van der Waals surface area (Å²) >= 11 is 0. The molecule has 1 aromatic heterocycles. The van der Waals surface area contributed by atoms with Gasteiger partial charge in [-0.1, -0.05) is 37.3 Å². The van der Waals surface area contributed by atoms with Gasteiger partial charge in [0.1, 0.15) is 6.07 Å². The molecule has 26 heavy (non-hydrogen) atoms. The number of pyridine rings is 1. The lowest BCUT2D eigenvalue weighted by molar-refractivity contribution is -0.133. The normalized spacial score (nSPS) is 15.9. The molecule has 5 heteroatoms. The van der Waals surface area contributed by atoms with Gasteiger partial charge in [0.05, 0.1) is 23.4 Å². The molecule has 1 amide bonds. The Bertz CT molecular complexity index is 776. The van der Waals surface area contributed by atoms with Crippen LogP contribution in [0.25, 0.3) is 0 Å². The van der Waals surface area contributed by atoms with Crippen LogP contribution in [-0.4, -0.2) is 34.9 Å². The summed E-state index contributed by atoms with van der Waals surface area (Å²) in [7, 11) is 0. The molecule has 1 atom stereocenters. The Balaban J connectivity index is 1.59. The zero-order valence-corrected chi connectivity index (χ0v) is 15.1. The Morgan fingerprint density at radius 2 is 2.04 bits per heavy atom. The molecule has 0 saturated carbocycles. The van der Waals surface area contributed by atoms with Gasteiger partial charge in [-0.15, -0.1) is 0 Å². The summed E-state index contributed by atoms with van der Waals surface area (Å²) in [5.41, 5.74) is 2.47. The van der Waals surface area contributed by atoms with Crippen LogP contribution in [0.5, 0.6) is 0 Å². The lowest BCUT2D eigenvalue weighted by atomic mass is 9.93. The molecule has 0 bridgehead atoms. The smallest absolute Gasteiger partial charge is 0.230 e. The number of anilines is 1. The zero-order valence-electron chi connectivity index (χ0n) is 15.1. The first kappa shape index (κ1) is 17.9. The first-order valence-corrected chi connectivity index (χ1v) is 9.17. The lowest BCUT2D eigenvalue weighted by Crippen LogP contribution is -2.44. The SMILES string of the molecule is CC[C@H](C(=O)N1CCC(Nc2cnccc2C#N)CC1)c1ccccc1. The van der Waals surface area contributed by atoms with Crippen molar-refractivity contribution in [3.63, 3.8) is 0 Å². The number of likely N-dealkylation sites (tertiary alicyclic amines) is 1. The minimum atomic E-state index is -0.0655. The summed E-state index contributed by atoms with van der Waals surface area (Å²) in [6.07, 6.45) is 5.87. The maximum absolute atomic E-state index is 12.9. The molecular weight excluding hydrogens is 324 g/mol. The van der Waals surface area contributed by atoms with Crippen LogP contribution in [0.1, 0.15) is 43.2 Å². The third-order valence-corrected chi connectivity index (χ3v) is 5.02. The average Bonchev–Trinajstić information content (AvgIpc) is 2.70. The number of aromatic nitrogens is 1. The van der Waals surface area contributed by atoms with Gasteiger partial charge in [-0.25, -0.2) is 0 Å². The number of carbonyl (C=O) groups excluding carboxylic acids is 1. The number of rotatable bonds is 5. The van der Waals surface area contributed by atoms with Crippen molar-refractivity contribution in [2.75, 3.05) is 18.4 Å². The third-order valence-electron chi connectivity index (χ3n) is 5.02. The summed E-state index contributed by atoms with van der Waals surface area (Å²) in [5, 5.41) is 12.6. The molecule has 2 heterocycles. The highest BCUT2D eigenvalue weighted by Gasteiger charge is 2.28. The molecule has 134 valence electrons. The van der Waals surface area contributed by atoms with E-state index in [0.717, 1.165) is 43.6 Å². The molecule has 2 aromatic rings. The number of nitrogens with zero attached hydrogens (tertiary/aromatic N) is 3. The molecule has 1 aromatic carbocycles. The highest BCUT2D eigenvalue weighted by molar-refractivity contribution is 5.83. The maximum Gasteiger partial charge on any atom is 0.230 e. The summed E-state index contributed by atoms with van der Waals surface area (Å²) < 4.78 is 0. The van der Waals surface area contributed by atoms with Crippen molar-refractivity contribution < 1.29 is 4.79 Å². The highest BCUT2D eigenvalue weighted by atomic mass is 16.2. The van der Waals surface area contributed by atoms with Crippen molar-refractivity contribution in [2.45, 2.75) is 38.1 Å². The molecule has 3 rings (SSSR count). The first-order chi connectivity index (χ1) is 12.7. The molecule has 1 N–H and O–H groups in total. The predicted octanol–water partition coefficient (Wildman–Crippen LogP) is 3.55. The second-order valence-electron chi connectivity index (χ2n) is 6.65. The van der Waals surface area contributed by atoms with Crippen molar-refractivity contribution in [1.29, 1.82) is 5.26 Å². The van der Waals surface area contributed by atoms with Gasteiger partial charge in [0.25, 0.3) is 0 Å². The van der Waals surface area contributed by atoms with Crippen molar-refractivity contribution in [2.24, 2.45) is 0 Å². The number of hydrogen-bond acceptors (Lipinski definition) is 4. The van der Waals surface area contributed by atoms with Gasteiger partial charge in [0.15, 0.2) is 0 Å². The van der Waals surface area contributed by atoms with Gasteiger partial charge in [0.2, 0.25) is 5.91 Å². The predicted molar refractivity (Wildman–Crippen MR) is 102 cm³/mol. The fourth-order valence-electron chi connectivity index (χ4n) is 3.53. The van der Waals surface area contributed by atoms with Gasteiger partial charge in [-0.3, -0.25) is 9.78 Å². The largest absolute Gasteiger partial charge is 0.380 e. The van der Waals surface area contributed by atoms with Gasteiger partial charge in [0, 0.05) is 25.3 Å². The minimum Gasteiger partial charge on any atom is -0.380 e. The number of benzene rings is 1. The Kier molecular flexibility index (Phi) is 5.85. The Hall–Kier alpha value is -2.87. The topological polar surface area (TPSA) is 69.0 Å². The molecule has 1 fully saturated rings. The van der Waals surface area contributed by atoms with Crippen LogP contribution in [0.15, 0.2) is 48.8 Å². The highest BCUT2D eigenvalue weighted by Crippen LogP contribution is 2.25. The van der Waals surface area contributed by atoms with Gasteiger partial charge in [-0.2, -0.15) is 5.26 Å². The van der Waals surface area contributed by atoms with Gasteiger partial charge in [-0.05, 0) is 30.9 Å². The van der Waals surface area contributed by atoms with Crippen LogP contribution >= 0.6 is 0 Å². The van der Waals surface area contributed by atoms with E-state index in [9.17, 15) is 10.1 Å². The molecule has 1 saturated heterocycles. The lowest BCUT2D eigenvalue weighted by Gasteiger charge is -2.35. The second kappa shape index (κ2) is 8.48. The van der Waals surface area contributed by atoms with Crippen molar-refractivity contribution in [3.8, 4) is 6.07 Å². The molecule has 0 spiro atoms. The molecule has 1 aliphatic rings. The van der Waals surface area contributed by atoms with Crippen LogP contribution in [0.3, 0.4) is 0 Å². The van der Waals surface area contributed by atoms with Crippen LogP contribution < -0.4 is 5.32 Å². The summed E-state index contributed by atoms with van der Waals surface area (Å²) in [6.45, 7) is 3.54. The quantitative estimate of drug-likeness (QED) is 0.897. The molecule has 0 radical (unpaired) electrons. The average molecular weight is 348 g/mol. The fourth-order valence-corrected chi connectivity index (χ4v) is 3.53. The Morgan fingerprint density at radius 3 is 2.69 bits per heavy atom. The summed E-state index contributed by atoms with van der Waals surface area (Å²) in [4.78, 5) is 19.0. The van der Waals surface area contributed by atoms with E-state index in [-0.39, 0.29) is 17.9 Å². The molecule has 5 nitrogen and oxygen atoms in total. The number of nitrogens with one attached hydrogen (secondary N) is 1.